The standard InChI is InChI=1S/C13H11ClO2/c1-13-6-5-8(15)7-11(13)16-10-4-2-3-9(14)12(10)13/h2-7,11,15H,1H3. The molecule has 0 saturated carbocycles. The highest BCUT2D eigenvalue weighted by Gasteiger charge is 2.45. The molecular formula is C13H11ClO2. The van der Waals surface area contributed by atoms with Crippen LogP contribution in [-0.4, -0.2) is 11.2 Å². The van der Waals surface area contributed by atoms with Crippen molar-refractivity contribution in [2.24, 2.45) is 0 Å². The Balaban J connectivity index is 2.22. The Morgan fingerprint density at radius 2 is 2.25 bits per heavy atom. The first-order valence-corrected chi connectivity index (χ1v) is 5.55. The molecule has 1 aliphatic heterocycles. The van der Waals surface area contributed by atoms with Gasteiger partial charge in [-0.1, -0.05) is 23.7 Å². The number of ether oxygens (including phenoxy) is 1. The van der Waals surface area contributed by atoms with Gasteiger partial charge in [0.2, 0.25) is 0 Å². The number of allylic oxidation sites excluding steroid dienone is 1. The summed E-state index contributed by atoms with van der Waals surface area (Å²) in [5.74, 6) is 1.04. The molecule has 0 fully saturated rings. The van der Waals surface area contributed by atoms with E-state index in [0.29, 0.717) is 5.02 Å². The van der Waals surface area contributed by atoms with Crippen LogP contribution in [0.5, 0.6) is 5.75 Å². The van der Waals surface area contributed by atoms with E-state index in [1.807, 2.05) is 24.3 Å². The second-order valence-corrected chi connectivity index (χ2v) is 4.77. The number of hydrogen-bond acceptors (Lipinski definition) is 2. The molecule has 82 valence electrons. The number of aliphatic hydroxyl groups is 1. The molecule has 0 spiro atoms. The van der Waals surface area contributed by atoms with Gasteiger partial charge in [0.25, 0.3) is 0 Å². The molecule has 2 nitrogen and oxygen atoms in total. The van der Waals surface area contributed by atoms with Gasteiger partial charge in [0.05, 0.1) is 5.41 Å². The Morgan fingerprint density at radius 3 is 3.06 bits per heavy atom. The normalized spacial score (nSPS) is 30.4. The highest BCUT2D eigenvalue weighted by molar-refractivity contribution is 6.31. The lowest BCUT2D eigenvalue weighted by Gasteiger charge is -2.28. The summed E-state index contributed by atoms with van der Waals surface area (Å²) in [6.07, 6.45) is 5.19. The zero-order chi connectivity index (χ0) is 11.3. The van der Waals surface area contributed by atoms with E-state index in [9.17, 15) is 5.11 Å². The van der Waals surface area contributed by atoms with E-state index < -0.39 is 0 Å². The number of fused-ring (bicyclic) bond motifs is 3. The van der Waals surface area contributed by atoms with Gasteiger partial charge in [-0.2, -0.15) is 0 Å². The Kier molecular flexibility index (Phi) is 1.86. The van der Waals surface area contributed by atoms with Gasteiger partial charge in [-0.25, -0.2) is 0 Å². The summed E-state index contributed by atoms with van der Waals surface area (Å²) in [4.78, 5) is 0. The number of halogens is 1. The van der Waals surface area contributed by atoms with Crippen molar-refractivity contribution in [3.05, 3.63) is 52.8 Å². The number of rotatable bonds is 0. The van der Waals surface area contributed by atoms with Gasteiger partial charge in [-0.15, -0.1) is 0 Å². The summed E-state index contributed by atoms with van der Waals surface area (Å²) in [5, 5.41) is 10.2. The number of aliphatic hydroxyl groups excluding tert-OH is 1. The molecule has 1 aromatic carbocycles. The second-order valence-electron chi connectivity index (χ2n) is 4.36. The lowest BCUT2D eigenvalue weighted by atomic mass is 9.76. The second kappa shape index (κ2) is 3.05. The summed E-state index contributed by atoms with van der Waals surface area (Å²) in [6.45, 7) is 2.06. The zero-order valence-corrected chi connectivity index (χ0v) is 9.53. The molecule has 1 aromatic rings. The predicted molar refractivity (Wildman–Crippen MR) is 63.1 cm³/mol. The van der Waals surface area contributed by atoms with Crippen molar-refractivity contribution in [2.75, 3.05) is 0 Å². The minimum atomic E-state index is -0.278. The monoisotopic (exact) mass is 234 g/mol. The topological polar surface area (TPSA) is 29.5 Å². The summed E-state index contributed by atoms with van der Waals surface area (Å²) in [5.41, 5.74) is 0.724. The third kappa shape index (κ3) is 1.14. The van der Waals surface area contributed by atoms with E-state index in [4.69, 9.17) is 16.3 Å². The van der Waals surface area contributed by atoms with Crippen LogP contribution in [0.2, 0.25) is 5.02 Å². The summed E-state index contributed by atoms with van der Waals surface area (Å²) in [7, 11) is 0. The molecule has 3 rings (SSSR count). The number of hydrogen-bond donors (Lipinski definition) is 1. The molecule has 2 aliphatic rings. The summed E-state index contributed by atoms with van der Waals surface area (Å²) in [6, 6.07) is 5.64. The minimum Gasteiger partial charge on any atom is -0.508 e. The fourth-order valence-electron chi connectivity index (χ4n) is 2.38. The molecule has 0 aromatic heterocycles. The molecule has 1 aliphatic carbocycles. The Morgan fingerprint density at radius 1 is 1.44 bits per heavy atom. The molecule has 3 heteroatoms. The fourth-order valence-corrected chi connectivity index (χ4v) is 2.75. The van der Waals surface area contributed by atoms with Crippen molar-refractivity contribution < 1.29 is 9.84 Å². The minimum absolute atomic E-state index is 0.174. The quantitative estimate of drug-likeness (QED) is 0.746. The predicted octanol–water partition coefficient (Wildman–Crippen LogP) is 3.37. The SMILES string of the molecule is CC12C=CC(O)=CC1Oc1cccc(Cl)c12. The third-order valence-corrected chi connectivity index (χ3v) is 3.60. The van der Waals surface area contributed by atoms with E-state index in [1.54, 1.807) is 12.2 Å². The molecular weight excluding hydrogens is 224 g/mol. The van der Waals surface area contributed by atoms with Crippen LogP contribution in [0.15, 0.2) is 42.2 Å². The van der Waals surface area contributed by atoms with Crippen LogP contribution in [0.3, 0.4) is 0 Å². The molecule has 0 bridgehead atoms. The maximum absolute atomic E-state index is 9.48. The molecule has 1 heterocycles. The first-order valence-electron chi connectivity index (χ1n) is 5.17. The van der Waals surface area contributed by atoms with Gasteiger partial charge in [-0.05, 0) is 31.2 Å². The van der Waals surface area contributed by atoms with Gasteiger partial charge in [0.1, 0.15) is 17.6 Å². The van der Waals surface area contributed by atoms with Crippen molar-refractivity contribution in [1.29, 1.82) is 0 Å². The van der Waals surface area contributed by atoms with Gasteiger partial charge in [0, 0.05) is 10.6 Å². The largest absolute Gasteiger partial charge is 0.508 e. The lowest BCUT2D eigenvalue weighted by Crippen LogP contribution is -2.34. The van der Waals surface area contributed by atoms with Crippen LogP contribution in [-0.2, 0) is 5.41 Å². The third-order valence-electron chi connectivity index (χ3n) is 3.28. The average Bonchev–Trinajstić information content (AvgIpc) is 2.52. The zero-order valence-electron chi connectivity index (χ0n) is 8.77. The van der Waals surface area contributed by atoms with Gasteiger partial charge >= 0.3 is 0 Å². The van der Waals surface area contributed by atoms with Crippen LogP contribution in [0.1, 0.15) is 12.5 Å². The van der Waals surface area contributed by atoms with Crippen LogP contribution in [0.4, 0.5) is 0 Å². The highest BCUT2D eigenvalue weighted by atomic mass is 35.5. The Labute approximate surface area is 98.8 Å². The van der Waals surface area contributed by atoms with Gasteiger partial charge in [-0.3, -0.25) is 0 Å². The fraction of sp³-hybridized carbons (Fsp3) is 0.231. The lowest BCUT2D eigenvalue weighted by molar-refractivity contribution is 0.219. The first kappa shape index (κ1) is 9.79. The Bertz CT molecular complexity index is 519. The average molecular weight is 235 g/mol. The van der Waals surface area contributed by atoms with Crippen molar-refractivity contribution in [3.8, 4) is 5.75 Å². The van der Waals surface area contributed by atoms with Crippen molar-refractivity contribution in [3.63, 3.8) is 0 Å². The summed E-state index contributed by atoms with van der Waals surface area (Å²) < 4.78 is 5.79. The highest BCUT2D eigenvalue weighted by Crippen LogP contribution is 2.49. The van der Waals surface area contributed by atoms with E-state index >= 15 is 0 Å². The van der Waals surface area contributed by atoms with Gasteiger partial charge < -0.3 is 9.84 Å². The van der Waals surface area contributed by atoms with Crippen molar-refractivity contribution in [2.45, 2.75) is 18.4 Å². The van der Waals surface area contributed by atoms with Crippen LogP contribution < -0.4 is 4.74 Å². The van der Waals surface area contributed by atoms with E-state index in [-0.39, 0.29) is 17.3 Å². The molecule has 16 heavy (non-hydrogen) atoms. The van der Waals surface area contributed by atoms with E-state index in [2.05, 4.69) is 6.92 Å². The molecule has 2 atom stereocenters. The van der Waals surface area contributed by atoms with Crippen molar-refractivity contribution >= 4 is 11.6 Å². The first-order chi connectivity index (χ1) is 7.61. The van der Waals surface area contributed by atoms with E-state index in [0.717, 1.165) is 11.3 Å². The van der Waals surface area contributed by atoms with Crippen LogP contribution in [0.25, 0.3) is 0 Å². The van der Waals surface area contributed by atoms with Crippen LogP contribution >= 0.6 is 11.6 Å². The molecule has 0 saturated heterocycles. The molecule has 0 amide bonds. The van der Waals surface area contributed by atoms with Crippen LogP contribution in [0, 0.1) is 0 Å². The summed E-state index contributed by atoms with van der Waals surface area (Å²) >= 11 is 6.22. The molecule has 2 unspecified atom stereocenters. The van der Waals surface area contributed by atoms with Gasteiger partial charge in [0.15, 0.2) is 0 Å². The smallest absolute Gasteiger partial charge is 0.134 e. The van der Waals surface area contributed by atoms with E-state index in [1.165, 1.54) is 0 Å². The maximum Gasteiger partial charge on any atom is 0.134 e. The van der Waals surface area contributed by atoms with Crippen molar-refractivity contribution in [1.82, 2.24) is 0 Å². The molecule has 0 radical (unpaired) electrons. The maximum atomic E-state index is 9.48. The Hall–Kier alpha value is -1.41. The molecule has 1 N–H and O–H groups in total. The number of benzene rings is 1.